The second-order valence-corrected chi connectivity index (χ2v) is 8.37. The molecule has 2 fully saturated rings. The van der Waals surface area contributed by atoms with Crippen molar-refractivity contribution in [3.8, 4) is 11.3 Å². The molecular formula is C21H21Cl2N3O3. The van der Waals surface area contributed by atoms with Gasteiger partial charge < -0.3 is 18.6 Å². The number of anilines is 1. The molecule has 1 saturated heterocycles. The van der Waals surface area contributed by atoms with Crippen LogP contribution in [0, 0.1) is 0 Å². The van der Waals surface area contributed by atoms with Gasteiger partial charge in [-0.2, -0.15) is 0 Å². The summed E-state index contributed by atoms with van der Waals surface area (Å²) in [6.07, 6.45) is 7.50. The fourth-order valence-electron chi connectivity index (χ4n) is 3.84. The van der Waals surface area contributed by atoms with Gasteiger partial charge in [0, 0.05) is 30.1 Å². The molecule has 1 saturated carbocycles. The van der Waals surface area contributed by atoms with E-state index in [0.717, 1.165) is 50.1 Å². The van der Waals surface area contributed by atoms with Crippen LogP contribution in [-0.2, 0) is 11.3 Å². The third-order valence-corrected chi connectivity index (χ3v) is 6.19. The van der Waals surface area contributed by atoms with E-state index in [1.165, 1.54) is 0 Å². The van der Waals surface area contributed by atoms with Gasteiger partial charge in [0.2, 0.25) is 0 Å². The number of rotatable bonds is 6. The van der Waals surface area contributed by atoms with Crippen LogP contribution in [0.3, 0.4) is 0 Å². The maximum atomic E-state index is 6.43. The molecule has 2 aromatic heterocycles. The smallest absolute Gasteiger partial charge is 0.297 e. The third kappa shape index (κ3) is 3.89. The molecule has 0 radical (unpaired) electrons. The summed E-state index contributed by atoms with van der Waals surface area (Å²) in [6.45, 7) is 2.15. The van der Waals surface area contributed by atoms with Gasteiger partial charge >= 0.3 is 0 Å². The van der Waals surface area contributed by atoms with E-state index in [9.17, 15) is 0 Å². The largest absolute Gasteiger partial charge is 0.432 e. The van der Waals surface area contributed by atoms with Crippen molar-refractivity contribution < 1.29 is 13.7 Å². The molecule has 29 heavy (non-hydrogen) atoms. The Bertz CT molecular complexity index is 957. The average Bonchev–Trinajstić information content (AvgIpc) is 3.25. The van der Waals surface area contributed by atoms with Gasteiger partial charge in [0.25, 0.3) is 6.01 Å². The summed E-state index contributed by atoms with van der Waals surface area (Å²) in [7, 11) is 0. The molecular weight excluding hydrogens is 413 g/mol. The zero-order valence-corrected chi connectivity index (χ0v) is 17.3. The van der Waals surface area contributed by atoms with E-state index < -0.39 is 0 Å². The minimum atomic E-state index is 0.165. The monoisotopic (exact) mass is 433 g/mol. The third-order valence-electron chi connectivity index (χ3n) is 5.56. The first-order valence-corrected chi connectivity index (χ1v) is 10.6. The molecule has 0 atom stereocenters. The molecule has 1 aromatic carbocycles. The lowest BCUT2D eigenvalue weighted by molar-refractivity contribution is 0.0241. The van der Waals surface area contributed by atoms with Crippen LogP contribution in [0.4, 0.5) is 6.01 Å². The number of hydrogen-bond donors (Lipinski definition) is 0. The van der Waals surface area contributed by atoms with Gasteiger partial charge in [0.15, 0.2) is 0 Å². The molecule has 0 bridgehead atoms. The second kappa shape index (κ2) is 8.01. The highest BCUT2D eigenvalue weighted by Gasteiger charge is 2.34. The summed E-state index contributed by atoms with van der Waals surface area (Å²) in [5.41, 5.74) is 2.38. The van der Waals surface area contributed by atoms with Gasteiger partial charge in [-0.05, 0) is 37.8 Å². The van der Waals surface area contributed by atoms with Crippen LogP contribution >= 0.6 is 23.2 Å². The van der Waals surface area contributed by atoms with E-state index in [1.54, 1.807) is 12.5 Å². The van der Waals surface area contributed by atoms with Gasteiger partial charge in [-0.1, -0.05) is 34.4 Å². The van der Waals surface area contributed by atoms with Gasteiger partial charge in [0.1, 0.15) is 17.7 Å². The van der Waals surface area contributed by atoms with Crippen LogP contribution in [0.2, 0.25) is 10.0 Å². The maximum absolute atomic E-state index is 6.43. The van der Waals surface area contributed by atoms with Crippen LogP contribution in [-0.4, -0.2) is 29.3 Å². The van der Waals surface area contributed by atoms with Crippen molar-refractivity contribution in [1.29, 1.82) is 0 Å². The SMILES string of the molecule is Clc1cccc(Cl)c1-c1noc(C2CC2)c1COC1CCN(c2ncco2)CC1. The van der Waals surface area contributed by atoms with Gasteiger partial charge in [-0.25, -0.2) is 4.98 Å². The first kappa shape index (κ1) is 19.0. The van der Waals surface area contributed by atoms with Gasteiger partial charge in [-0.15, -0.1) is 0 Å². The van der Waals surface area contributed by atoms with Crippen molar-refractivity contribution in [3.05, 3.63) is 52.0 Å². The topological polar surface area (TPSA) is 64.5 Å². The highest BCUT2D eigenvalue weighted by Crippen LogP contribution is 2.46. The predicted octanol–water partition coefficient (Wildman–Crippen LogP) is 5.70. The van der Waals surface area contributed by atoms with Crippen LogP contribution < -0.4 is 4.90 Å². The predicted molar refractivity (Wildman–Crippen MR) is 110 cm³/mol. The van der Waals surface area contributed by atoms with E-state index in [-0.39, 0.29) is 6.10 Å². The maximum Gasteiger partial charge on any atom is 0.297 e. The molecule has 0 amide bonds. The number of aromatic nitrogens is 2. The van der Waals surface area contributed by atoms with Crippen molar-refractivity contribution in [2.75, 3.05) is 18.0 Å². The number of nitrogens with zero attached hydrogens (tertiary/aromatic N) is 3. The zero-order valence-electron chi connectivity index (χ0n) is 15.8. The molecule has 2 aliphatic rings. The molecule has 5 rings (SSSR count). The molecule has 0 N–H and O–H groups in total. The Labute approximate surface area is 178 Å². The quantitative estimate of drug-likeness (QED) is 0.496. The summed E-state index contributed by atoms with van der Waals surface area (Å²) < 4.78 is 17.4. The fraction of sp³-hybridized carbons (Fsp3) is 0.429. The fourth-order valence-corrected chi connectivity index (χ4v) is 4.41. The highest BCUT2D eigenvalue weighted by molar-refractivity contribution is 6.39. The second-order valence-electron chi connectivity index (χ2n) is 7.56. The van der Waals surface area contributed by atoms with Crippen molar-refractivity contribution in [2.24, 2.45) is 0 Å². The lowest BCUT2D eigenvalue weighted by atomic mass is 10.0. The molecule has 3 heterocycles. The van der Waals surface area contributed by atoms with Crippen LogP contribution in [0.25, 0.3) is 11.3 Å². The highest BCUT2D eigenvalue weighted by atomic mass is 35.5. The first-order chi connectivity index (χ1) is 14.2. The van der Waals surface area contributed by atoms with Crippen LogP contribution in [0.15, 0.2) is 39.6 Å². The van der Waals surface area contributed by atoms with E-state index in [0.29, 0.717) is 39.8 Å². The van der Waals surface area contributed by atoms with E-state index in [1.807, 2.05) is 18.2 Å². The average molecular weight is 434 g/mol. The number of benzene rings is 1. The first-order valence-electron chi connectivity index (χ1n) is 9.89. The Morgan fingerprint density at radius 3 is 2.52 bits per heavy atom. The minimum Gasteiger partial charge on any atom is -0.432 e. The van der Waals surface area contributed by atoms with Crippen molar-refractivity contribution in [3.63, 3.8) is 0 Å². The number of oxazole rings is 1. The van der Waals surface area contributed by atoms with Crippen molar-refractivity contribution >= 4 is 29.2 Å². The minimum absolute atomic E-state index is 0.165. The molecule has 8 heteroatoms. The van der Waals surface area contributed by atoms with Crippen molar-refractivity contribution in [2.45, 2.75) is 44.3 Å². The van der Waals surface area contributed by atoms with E-state index in [2.05, 4.69) is 15.0 Å². The molecule has 0 unspecified atom stereocenters. The Kier molecular flexibility index (Phi) is 5.24. The van der Waals surface area contributed by atoms with Crippen LogP contribution in [0.5, 0.6) is 0 Å². The Hall–Kier alpha value is -2.02. The number of ether oxygens (including phenoxy) is 1. The molecule has 0 spiro atoms. The Balaban J connectivity index is 1.32. The Morgan fingerprint density at radius 1 is 1.10 bits per heavy atom. The number of piperidine rings is 1. The number of hydrogen-bond acceptors (Lipinski definition) is 6. The molecule has 6 nitrogen and oxygen atoms in total. The molecule has 3 aromatic rings. The summed E-state index contributed by atoms with van der Waals surface area (Å²) in [4.78, 5) is 6.37. The lowest BCUT2D eigenvalue weighted by Gasteiger charge is -2.30. The molecule has 152 valence electrons. The standard InChI is InChI=1S/C21H21Cl2N3O3/c22-16-2-1-3-17(23)18(16)19-15(20(29-25-19)13-4-5-13)12-28-14-6-9-26(10-7-14)21-24-8-11-27-21/h1-3,8,11,13-14H,4-7,9-10,12H2. The summed E-state index contributed by atoms with van der Waals surface area (Å²) in [6, 6.07) is 6.14. The van der Waals surface area contributed by atoms with E-state index in [4.69, 9.17) is 36.9 Å². The van der Waals surface area contributed by atoms with Gasteiger partial charge in [-0.3, -0.25) is 0 Å². The Morgan fingerprint density at radius 2 is 1.86 bits per heavy atom. The number of halogens is 2. The van der Waals surface area contributed by atoms with Crippen molar-refractivity contribution in [1.82, 2.24) is 10.1 Å². The summed E-state index contributed by atoms with van der Waals surface area (Å²) >= 11 is 12.9. The zero-order chi connectivity index (χ0) is 19.8. The van der Waals surface area contributed by atoms with E-state index >= 15 is 0 Å². The summed E-state index contributed by atoms with van der Waals surface area (Å²) in [5, 5.41) is 5.45. The summed E-state index contributed by atoms with van der Waals surface area (Å²) in [5.74, 6) is 1.33. The molecule has 1 aliphatic heterocycles. The molecule has 1 aliphatic carbocycles. The lowest BCUT2D eigenvalue weighted by Crippen LogP contribution is -2.37. The van der Waals surface area contributed by atoms with Gasteiger partial charge in [0.05, 0.1) is 29.0 Å². The normalized spacial score (nSPS) is 17.8. The van der Waals surface area contributed by atoms with Crippen LogP contribution in [0.1, 0.15) is 42.9 Å².